The van der Waals surface area contributed by atoms with E-state index in [1.807, 2.05) is 25.2 Å². The Hall–Kier alpha value is -1.55. The predicted molar refractivity (Wildman–Crippen MR) is 78.1 cm³/mol. The molecule has 0 spiro atoms. The van der Waals surface area contributed by atoms with Crippen LogP contribution in [0.25, 0.3) is 0 Å². The summed E-state index contributed by atoms with van der Waals surface area (Å²) in [4.78, 5) is 14.2. The van der Waals surface area contributed by atoms with Gasteiger partial charge < -0.3 is 16.0 Å². The van der Waals surface area contributed by atoms with E-state index in [0.717, 1.165) is 31.5 Å². The summed E-state index contributed by atoms with van der Waals surface area (Å²) in [6.07, 6.45) is 2.99. The summed E-state index contributed by atoms with van der Waals surface area (Å²) in [5.41, 5.74) is 6.61. The number of nitrogens with one attached hydrogen (secondary N) is 1. The Labute approximate surface area is 115 Å². The molecule has 1 aromatic rings. The highest BCUT2D eigenvalue weighted by atomic mass is 16.2. The number of anilines is 1. The van der Waals surface area contributed by atoms with Gasteiger partial charge in [0, 0.05) is 32.4 Å². The molecule has 1 aliphatic carbocycles. The molecule has 4 heteroatoms. The van der Waals surface area contributed by atoms with Gasteiger partial charge in [0.15, 0.2) is 0 Å². The number of hydrogen-bond donors (Lipinski definition) is 2. The van der Waals surface area contributed by atoms with E-state index >= 15 is 0 Å². The first-order valence-corrected chi connectivity index (χ1v) is 6.92. The van der Waals surface area contributed by atoms with Crippen molar-refractivity contribution in [3.8, 4) is 0 Å². The van der Waals surface area contributed by atoms with Gasteiger partial charge in [-0.05, 0) is 25.0 Å². The van der Waals surface area contributed by atoms with Crippen LogP contribution in [-0.4, -0.2) is 32.6 Å². The summed E-state index contributed by atoms with van der Waals surface area (Å²) in [5, 5.41) is 3.02. The zero-order valence-electron chi connectivity index (χ0n) is 11.6. The number of para-hydroxylation sites is 1. The van der Waals surface area contributed by atoms with Crippen molar-refractivity contribution in [2.75, 3.05) is 31.6 Å². The second-order valence-corrected chi connectivity index (χ2v) is 5.35. The summed E-state index contributed by atoms with van der Waals surface area (Å²) < 4.78 is 0. The van der Waals surface area contributed by atoms with Crippen LogP contribution in [0.2, 0.25) is 0 Å². The molecule has 2 rings (SSSR count). The number of carbonyl (C=O) groups is 1. The van der Waals surface area contributed by atoms with Crippen LogP contribution in [0.4, 0.5) is 5.69 Å². The van der Waals surface area contributed by atoms with Gasteiger partial charge in [0.1, 0.15) is 0 Å². The molecule has 4 nitrogen and oxygen atoms in total. The lowest BCUT2D eigenvalue weighted by molar-refractivity contribution is -0.135. The minimum absolute atomic E-state index is 0.128. The van der Waals surface area contributed by atoms with Gasteiger partial charge in [0.2, 0.25) is 5.91 Å². The Morgan fingerprint density at radius 2 is 2.05 bits per heavy atom. The van der Waals surface area contributed by atoms with Gasteiger partial charge in [-0.15, -0.1) is 0 Å². The first-order valence-electron chi connectivity index (χ1n) is 6.92. The second kappa shape index (κ2) is 6.06. The standard InChI is InChI=1S/C15H23N3O/c1-18(13-6-3-2-4-7-13)11-10-17-14(19)15(12-16)8-5-9-15/h2-4,6-7H,5,8-12,16H2,1H3,(H,17,19). The fourth-order valence-electron chi connectivity index (χ4n) is 2.46. The SMILES string of the molecule is CN(CCNC(=O)C1(CN)CCC1)c1ccccc1. The molecule has 1 aromatic carbocycles. The Morgan fingerprint density at radius 3 is 2.58 bits per heavy atom. The van der Waals surface area contributed by atoms with E-state index < -0.39 is 0 Å². The number of nitrogens with two attached hydrogens (primary N) is 1. The van der Waals surface area contributed by atoms with Crippen LogP contribution in [0.5, 0.6) is 0 Å². The monoisotopic (exact) mass is 261 g/mol. The van der Waals surface area contributed by atoms with E-state index in [9.17, 15) is 4.79 Å². The van der Waals surface area contributed by atoms with Crippen molar-refractivity contribution in [1.82, 2.24) is 5.32 Å². The van der Waals surface area contributed by atoms with Crippen molar-refractivity contribution in [2.24, 2.45) is 11.1 Å². The van der Waals surface area contributed by atoms with Crippen LogP contribution in [0, 0.1) is 5.41 Å². The molecule has 1 fully saturated rings. The summed E-state index contributed by atoms with van der Waals surface area (Å²) in [6, 6.07) is 10.2. The van der Waals surface area contributed by atoms with Crippen molar-refractivity contribution in [2.45, 2.75) is 19.3 Å². The molecule has 1 saturated carbocycles. The van der Waals surface area contributed by atoms with Crippen molar-refractivity contribution in [3.05, 3.63) is 30.3 Å². The lowest BCUT2D eigenvalue weighted by atomic mass is 9.68. The van der Waals surface area contributed by atoms with E-state index in [-0.39, 0.29) is 11.3 Å². The third-order valence-electron chi connectivity index (χ3n) is 4.11. The molecular weight excluding hydrogens is 238 g/mol. The number of benzene rings is 1. The Balaban J connectivity index is 1.76. The lowest BCUT2D eigenvalue weighted by Gasteiger charge is -2.39. The van der Waals surface area contributed by atoms with Gasteiger partial charge in [0.25, 0.3) is 0 Å². The highest BCUT2D eigenvalue weighted by molar-refractivity contribution is 5.83. The maximum Gasteiger partial charge on any atom is 0.227 e. The number of nitrogens with zero attached hydrogens (tertiary/aromatic N) is 1. The van der Waals surface area contributed by atoms with Crippen molar-refractivity contribution in [1.29, 1.82) is 0 Å². The summed E-state index contributed by atoms with van der Waals surface area (Å²) in [5.74, 6) is 0.128. The smallest absolute Gasteiger partial charge is 0.227 e. The predicted octanol–water partition coefficient (Wildman–Crippen LogP) is 1.37. The van der Waals surface area contributed by atoms with Crippen molar-refractivity contribution < 1.29 is 4.79 Å². The maximum absolute atomic E-state index is 12.1. The van der Waals surface area contributed by atoms with Crippen LogP contribution < -0.4 is 16.0 Å². The van der Waals surface area contributed by atoms with E-state index in [4.69, 9.17) is 5.73 Å². The van der Waals surface area contributed by atoms with Crippen molar-refractivity contribution >= 4 is 11.6 Å². The molecule has 0 saturated heterocycles. The van der Waals surface area contributed by atoms with Gasteiger partial charge in [-0.25, -0.2) is 0 Å². The first kappa shape index (κ1) is 13.9. The molecule has 1 aliphatic rings. The van der Waals surface area contributed by atoms with Crippen LogP contribution in [-0.2, 0) is 4.79 Å². The molecule has 0 aromatic heterocycles. The molecule has 0 bridgehead atoms. The Morgan fingerprint density at radius 1 is 1.37 bits per heavy atom. The third kappa shape index (κ3) is 3.07. The summed E-state index contributed by atoms with van der Waals surface area (Å²) >= 11 is 0. The van der Waals surface area contributed by atoms with E-state index in [2.05, 4.69) is 22.3 Å². The number of rotatable bonds is 6. The fraction of sp³-hybridized carbons (Fsp3) is 0.533. The molecule has 0 aliphatic heterocycles. The van der Waals surface area contributed by atoms with Gasteiger partial charge >= 0.3 is 0 Å². The normalized spacial score (nSPS) is 16.5. The molecule has 1 amide bonds. The molecule has 3 N–H and O–H groups in total. The second-order valence-electron chi connectivity index (χ2n) is 5.35. The largest absolute Gasteiger partial charge is 0.373 e. The molecule has 0 unspecified atom stereocenters. The number of hydrogen-bond acceptors (Lipinski definition) is 3. The lowest BCUT2D eigenvalue weighted by Crippen LogP contribution is -2.51. The van der Waals surface area contributed by atoms with Gasteiger partial charge in [-0.2, -0.15) is 0 Å². The highest BCUT2D eigenvalue weighted by Crippen LogP contribution is 2.39. The molecular formula is C15H23N3O. The van der Waals surface area contributed by atoms with Crippen molar-refractivity contribution in [3.63, 3.8) is 0 Å². The summed E-state index contributed by atoms with van der Waals surface area (Å²) in [6.45, 7) is 1.93. The van der Waals surface area contributed by atoms with Crippen LogP contribution >= 0.6 is 0 Å². The van der Waals surface area contributed by atoms with Gasteiger partial charge in [-0.3, -0.25) is 4.79 Å². The first-order chi connectivity index (χ1) is 9.18. The quantitative estimate of drug-likeness (QED) is 0.813. The molecule has 104 valence electrons. The molecule has 0 heterocycles. The molecule has 0 atom stereocenters. The van der Waals surface area contributed by atoms with Gasteiger partial charge in [0.05, 0.1) is 5.41 Å². The summed E-state index contributed by atoms with van der Waals surface area (Å²) in [7, 11) is 2.03. The number of carbonyl (C=O) groups excluding carboxylic acids is 1. The van der Waals surface area contributed by atoms with Crippen LogP contribution in [0.1, 0.15) is 19.3 Å². The minimum atomic E-state index is -0.273. The third-order valence-corrected chi connectivity index (χ3v) is 4.11. The molecule has 19 heavy (non-hydrogen) atoms. The van der Waals surface area contributed by atoms with E-state index in [1.165, 1.54) is 0 Å². The van der Waals surface area contributed by atoms with Crippen LogP contribution in [0.3, 0.4) is 0 Å². The average molecular weight is 261 g/mol. The average Bonchev–Trinajstić information content (AvgIpc) is 2.39. The Kier molecular flexibility index (Phi) is 4.43. The maximum atomic E-state index is 12.1. The van der Waals surface area contributed by atoms with E-state index in [0.29, 0.717) is 13.1 Å². The molecule has 0 radical (unpaired) electrons. The zero-order valence-corrected chi connectivity index (χ0v) is 11.6. The minimum Gasteiger partial charge on any atom is -0.373 e. The topological polar surface area (TPSA) is 58.4 Å². The fourth-order valence-corrected chi connectivity index (χ4v) is 2.46. The van der Waals surface area contributed by atoms with Crippen LogP contribution in [0.15, 0.2) is 30.3 Å². The number of amides is 1. The highest BCUT2D eigenvalue weighted by Gasteiger charge is 2.42. The van der Waals surface area contributed by atoms with E-state index in [1.54, 1.807) is 0 Å². The van der Waals surface area contributed by atoms with Gasteiger partial charge in [-0.1, -0.05) is 24.6 Å². The Bertz CT molecular complexity index is 409. The zero-order chi connectivity index (χ0) is 13.7. The number of likely N-dealkylation sites (N-methyl/N-ethyl adjacent to an activating group) is 1.